The summed E-state index contributed by atoms with van der Waals surface area (Å²) < 4.78 is 26.2. The van der Waals surface area contributed by atoms with E-state index >= 15 is 0 Å². The van der Waals surface area contributed by atoms with Gasteiger partial charge in [-0.2, -0.15) is 0 Å². The molecule has 0 aliphatic rings. The number of halogens is 1. The maximum Gasteiger partial charge on any atom is 0.234 e. The minimum absolute atomic E-state index is 0.0929. The fourth-order valence-electron chi connectivity index (χ4n) is 1.24. The third kappa shape index (κ3) is 14.2. The molecule has 0 saturated carbocycles. The van der Waals surface area contributed by atoms with E-state index in [0.29, 0.717) is 6.61 Å². The highest BCUT2D eigenvalue weighted by molar-refractivity contribution is 8.13. The van der Waals surface area contributed by atoms with Crippen LogP contribution in [0, 0.1) is 0 Å². The van der Waals surface area contributed by atoms with Crippen LogP contribution in [0.2, 0.25) is 0 Å². The van der Waals surface area contributed by atoms with Crippen LogP contribution in [-0.4, -0.2) is 27.4 Å². The summed E-state index contributed by atoms with van der Waals surface area (Å²) >= 11 is 0. The summed E-state index contributed by atoms with van der Waals surface area (Å²) in [6.07, 6.45) is 7.24. The maximum atomic E-state index is 10.5. The summed E-state index contributed by atoms with van der Waals surface area (Å²) in [6.45, 7) is 3.04. The van der Waals surface area contributed by atoms with Crippen LogP contribution >= 0.6 is 10.7 Å². The van der Waals surface area contributed by atoms with E-state index in [9.17, 15) is 8.42 Å². The third-order valence-electron chi connectivity index (χ3n) is 2.11. The summed E-state index contributed by atoms with van der Waals surface area (Å²) in [5.41, 5.74) is 0. The van der Waals surface area contributed by atoms with Crippen molar-refractivity contribution >= 4 is 19.7 Å². The summed E-state index contributed by atoms with van der Waals surface area (Å²) in [7, 11) is 1.64. The van der Waals surface area contributed by atoms with Crippen molar-refractivity contribution in [2.75, 3.05) is 19.0 Å². The van der Waals surface area contributed by atoms with Crippen molar-refractivity contribution in [1.82, 2.24) is 0 Å². The van der Waals surface area contributed by atoms with Gasteiger partial charge in [-0.05, 0) is 6.42 Å². The lowest BCUT2D eigenvalue weighted by Crippen LogP contribution is -2.07. The topological polar surface area (TPSA) is 43.4 Å². The quantitative estimate of drug-likeness (QED) is 0.446. The highest BCUT2D eigenvalue weighted by Gasteiger charge is 2.03. The summed E-state index contributed by atoms with van der Waals surface area (Å²) in [6, 6.07) is 0. The first-order valence-corrected chi connectivity index (χ1v) is 8.04. The van der Waals surface area contributed by atoms with Gasteiger partial charge in [-0.3, -0.25) is 0 Å². The lowest BCUT2D eigenvalue weighted by Gasteiger charge is -2.02. The van der Waals surface area contributed by atoms with Crippen molar-refractivity contribution in [3.63, 3.8) is 0 Å². The lowest BCUT2D eigenvalue weighted by atomic mass is 10.1. The Kier molecular flexibility index (Phi) is 9.55. The standard InChI is InChI=1S/C10H21ClO3S/c1-2-3-4-5-6-7-8-14-9-10-15(11,12)13/h2-10H2,1H3. The lowest BCUT2D eigenvalue weighted by molar-refractivity contribution is 0.144. The Balaban J connectivity index is 3.06. The smallest absolute Gasteiger partial charge is 0.234 e. The van der Waals surface area contributed by atoms with Gasteiger partial charge >= 0.3 is 0 Å². The molecule has 0 radical (unpaired) electrons. The fourth-order valence-corrected chi connectivity index (χ4v) is 1.75. The molecule has 3 nitrogen and oxygen atoms in total. The van der Waals surface area contributed by atoms with E-state index in [1.807, 2.05) is 0 Å². The molecule has 0 amide bonds. The molecule has 0 atom stereocenters. The fraction of sp³-hybridized carbons (Fsp3) is 1.00. The SMILES string of the molecule is CCCCCCCCOCCS(=O)(=O)Cl. The Morgan fingerprint density at radius 1 is 1.00 bits per heavy atom. The largest absolute Gasteiger partial charge is 0.380 e. The normalized spacial score (nSPS) is 11.9. The van der Waals surface area contributed by atoms with Crippen molar-refractivity contribution < 1.29 is 13.2 Å². The van der Waals surface area contributed by atoms with Gasteiger partial charge in [0.05, 0.1) is 12.4 Å². The maximum absolute atomic E-state index is 10.5. The summed E-state index contributed by atoms with van der Waals surface area (Å²) in [4.78, 5) is 0. The second-order valence-corrected chi connectivity index (χ2v) is 6.52. The molecule has 0 rings (SSSR count). The van der Waals surface area contributed by atoms with Crippen LogP contribution in [0.3, 0.4) is 0 Å². The molecule has 92 valence electrons. The predicted octanol–water partition coefficient (Wildman–Crippen LogP) is 2.93. The van der Waals surface area contributed by atoms with E-state index in [0.717, 1.165) is 12.8 Å². The van der Waals surface area contributed by atoms with E-state index in [2.05, 4.69) is 6.92 Å². The van der Waals surface area contributed by atoms with Crippen molar-refractivity contribution in [3.8, 4) is 0 Å². The predicted molar refractivity (Wildman–Crippen MR) is 63.8 cm³/mol. The van der Waals surface area contributed by atoms with E-state index in [-0.39, 0.29) is 12.4 Å². The van der Waals surface area contributed by atoms with Crippen molar-refractivity contribution in [2.24, 2.45) is 0 Å². The molecule has 0 aromatic heterocycles. The first kappa shape index (κ1) is 15.2. The zero-order valence-corrected chi connectivity index (χ0v) is 10.9. The van der Waals surface area contributed by atoms with E-state index in [1.165, 1.54) is 25.7 Å². The molecule has 0 aliphatic carbocycles. The monoisotopic (exact) mass is 256 g/mol. The van der Waals surface area contributed by atoms with Crippen LogP contribution in [0.4, 0.5) is 0 Å². The number of ether oxygens (including phenoxy) is 1. The molecule has 0 unspecified atom stereocenters. The molecule has 0 aromatic carbocycles. The molecule has 0 heterocycles. The average molecular weight is 257 g/mol. The third-order valence-corrected chi connectivity index (χ3v) is 3.23. The number of rotatable bonds is 10. The molecule has 0 bridgehead atoms. The van der Waals surface area contributed by atoms with Crippen LogP contribution in [0.15, 0.2) is 0 Å². The van der Waals surface area contributed by atoms with Crippen LogP contribution in [0.25, 0.3) is 0 Å². The van der Waals surface area contributed by atoms with Gasteiger partial charge in [-0.25, -0.2) is 8.42 Å². The zero-order chi connectivity index (χ0) is 11.6. The average Bonchev–Trinajstić information content (AvgIpc) is 2.14. The number of unbranched alkanes of at least 4 members (excludes halogenated alkanes) is 5. The molecular weight excluding hydrogens is 236 g/mol. The van der Waals surface area contributed by atoms with Crippen molar-refractivity contribution in [2.45, 2.75) is 45.4 Å². The Hall–Kier alpha value is 0.200. The highest BCUT2D eigenvalue weighted by Crippen LogP contribution is 2.05. The van der Waals surface area contributed by atoms with Crippen LogP contribution in [0.5, 0.6) is 0 Å². The zero-order valence-electron chi connectivity index (χ0n) is 9.37. The first-order valence-electron chi connectivity index (χ1n) is 5.56. The Bertz CT molecular complexity index is 227. The minimum atomic E-state index is -3.38. The van der Waals surface area contributed by atoms with Gasteiger partial charge in [0.15, 0.2) is 0 Å². The summed E-state index contributed by atoms with van der Waals surface area (Å²) in [5, 5.41) is 0. The number of hydrogen-bond donors (Lipinski definition) is 0. The molecule has 0 aliphatic heterocycles. The number of hydrogen-bond acceptors (Lipinski definition) is 3. The Morgan fingerprint density at radius 2 is 1.60 bits per heavy atom. The van der Waals surface area contributed by atoms with Crippen molar-refractivity contribution in [3.05, 3.63) is 0 Å². The van der Waals surface area contributed by atoms with Crippen LogP contribution in [-0.2, 0) is 13.8 Å². The Labute approximate surface area is 97.6 Å². The minimum Gasteiger partial charge on any atom is -0.380 e. The molecule has 0 fully saturated rings. The Morgan fingerprint density at radius 3 is 2.20 bits per heavy atom. The van der Waals surface area contributed by atoms with Gasteiger partial charge in [-0.15, -0.1) is 0 Å². The van der Waals surface area contributed by atoms with Gasteiger partial charge in [0.2, 0.25) is 9.05 Å². The molecule has 0 saturated heterocycles. The van der Waals surface area contributed by atoms with Gasteiger partial charge < -0.3 is 4.74 Å². The second kappa shape index (κ2) is 9.43. The molecule has 15 heavy (non-hydrogen) atoms. The van der Waals surface area contributed by atoms with Crippen LogP contribution in [0.1, 0.15) is 45.4 Å². The first-order chi connectivity index (χ1) is 7.06. The van der Waals surface area contributed by atoms with E-state index in [1.54, 1.807) is 0 Å². The van der Waals surface area contributed by atoms with E-state index < -0.39 is 9.05 Å². The molecule has 0 aromatic rings. The van der Waals surface area contributed by atoms with Crippen LogP contribution < -0.4 is 0 Å². The molecule has 0 spiro atoms. The van der Waals surface area contributed by atoms with Gasteiger partial charge in [0.25, 0.3) is 0 Å². The molecular formula is C10H21ClO3S. The summed E-state index contributed by atoms with van der Waals surface area (Å²) in [5.74, 6) is -0.0929. The molecule has 0 N–H and O–H groups in total. The van der Waals surface area contributed by atoms with Gasteiger partial charge in [0, 0.05) is 17.3 Å². The van der Waals surface area contributed by atoms with E-state index in [4.69, 9.17) is 15.4 Å². The van der Waals surface area contributed by atoms with Gasteiger partial charge in [-0.1, -0.05) is 39.0 Å². The second-order valence-electron chi connectivity index (χ2n) is 3.62. The molecule has 5 heteroatoms. The highest BCUT2D eigenvalue weighted by atomic mass is 35.7. The van der Waals surface area contributed by atoms with Crippen molar-refractivity contribution in [1.29, 1.82) is 0 Å². The van der Waals surface area contributed by atoms with Gasteiger partial charge in [0.1, 0.15) is 0 Å².